The van der Waals surface area contributed by atoms with Gasteiger partial charge in [0.2, 0.25) is 0 Å². The van der Waals surface area contributed by atoms with Gasteiger partial charge in [0.25, 0.3) is 0 Å². The number of anilines is 3. The first kappa shape index (κ1) is 36.6. The summed E-state index contributed by atoms with van der Waals surface area (Å²) in [6, 6.07) is 93.1. The van der Waals surface area contributed by atoms with Crippen LogP contribution in [0, 0.1) is 0 Å². The molecule has 0 bridgehead atoms. The molecule has 1 aliphatic rings. The van der Waals surface area contributed by atoms with Gasteiger partial charge in [-0.1, -0.05) is 206 Å². The zero-order chi connectivity index (χ0) is 41.7. The lowest BCUT2D eigenvalue weighted by Crippen LogP contribution is -2.29. The first-order valence-corrected chi connectivity index (χ1v) is 21.8. The minimum Gasteiger partial charge on any atom is -0.310 e. The quantitative estimate of drug-likeness (QED) is 0.149. The normalized spacial score (nSPS) is 12.6. The molecule has 63 heavy (non-hydrogen) atoms. The smallest absolute Gasteiger partial charge is 0.0734 e. The molecule has 0 spiro atoms. The van der Waals surface area contributed by atoms with E-state index in [1.807, 2.05) is 0 Å². The van der Waals surface area contributed by atoms with Gasteiger partial charge in [-0.3, -0.25) is 0 Å². The Labute approximate surface area is 368 Å². The highest BCUT2D eigenvalue weighted by atomic mass is 15.1. The predicted molar refractivity (Wildman–Crippen MR) is 264 cm³/mol. The van der Waals surface area contributed by atoms with E-state index in [9.17, 15) is 0 Å². The summed E-state index contributed by atoms with van der Waals surface area (Å²) in [4.78, 5) is 2.35. The Morgan fingerprint density at radius 2 is 0.841 bits per heavy atom. The second-order valence-electron chi connectivity index (χ2n) is 16.4. The monoisotopic (exact) mass is 802 g/mol. The molecule has 296 valence electrons. The fourth-order valence-corrected chi connectivity index (χ4v) is 10.4. The van der Waals surface area contributed by atoms with Gasteiger partial charge < -0.3 is 9.47 Å². The molecule has 0 amide bonds. The van der Waals surface area contributed by atoms with Crippen molar-refractivity contribution in [3.05, 3.63) is 277 Å². The third-order valence-corrected chi connectivity index (χ3v) is 13.1. The Balaban J connectivity index is 1.03. The summed E-state index contributed by atoms with van der Waals surface area (Å²) in [5, 5.41) is 2.48. The van der Waals surface area contributed by atoms with Gasteiger partial charge in [0, 0.05) is 33.3 Å². The van der Waals surface area contributed by atoms with Crippen LogP contribution in [0.1, 0.15) is 22.3 Å². The minimum absolute atomic E-state index is 0.539. The standard InChI is InChI=1S/C61H42N2/c1-5-20-46(21-6-1)61(47-22-7-2-8-23-47)55-32-16-13-29-51(55)54-31-19-35-58(60(54)61)63-57-34-18-15-30-52(57)53-41-40-45(42-59(53)63)43-36-38-44(39-37-43)50-28-14-17-33-56(50)62(48-24-9-3-10-25-48)49-26-11-4-12-27-49/h1-42H. The molecule has 0 saturated heterocycles. The van der Waals surface area contributed by atoms with Crippen LogP contribution in [0.2, 0.25) is 0 Å². The molecule has 2 nitrogen and oxygen atoms in total. The van der Waals surface area contributed by atoms with Crippen LogP contribution in [0.4, 0.5) is 17.1 Å². The van der Waals surface area contributed by atoms with Crippen molar-refractivity contribution in [2.45, 2.75) is 5.41 Å². The average molecular weight is 803 g/mol. The highest BCUT2D eigenvalue weighted by molar-refractivity contribution is 6.11. The third-order valence-electron chi connectivity index (χ3n) is 13.1. The van der Waals surface area contributed by atoms with Crippen LogP contribution in [0.3, 0.4) is 0 Å². The summed E-state index contributed by atoms with van der Waals surface area (Å²) in [6.07, 6.45) is 0. The van der Waals surface area contributed by atoms with Crippen molar-refractivity contribution in [2.75, 3.05) is 4.90 Å². The Morgan fingerprint density at radius 1 is 0.333 bits per heavy atom. The molecule has 1 aliphatic carbocycles. The predicted octanol–water partition coefficient (Wildman–Crippen LogP) is 16.0. The molecule has 12 rings (SSSR count). The van der Waals surface area contributed by atoms with Gasteiger partial charge >= 0.3 is 0 Å². The maximum atomic E-state index is 2.53. The number of aromatic nitrogens is 1. The van der Waals surface area contributed by atoms with Crippen molar-refractivity contribution in [1.29, 1.82) is 0 Å². The number of benzene rings is 10. The number of nitrogens with zero attached hydrogens (tertiary/aromatic N) is 2. The highest BCUT2D eigenvalue weighted by Crippen LogP contribution is 2.58. The molecule has 11 aromatic rings. The van der Waals surface area contributed by atoms with Gasteiger partial charge in [-0.2, -0.15) is 0 Å². The summed E-state index contributed by atoms with van der Waals surface area (Å²) in [7, 11) is 0. The molecule has 0 N–H and O–H groups in total. The molecule has 2 heteroatoms. The summed E-state index contributed by atoms with van der Waals surface area (Å²) < 4.78 is 2.53. The van der Waals surface area contributed by atoms with Gasteiger partial charge in [0.15, 0.2) is 0 Å². The summed E-state index contributed by atoms with van der Waals surface area (Å²) in [6.45, 7) is 0. The summed E-state index contributed by atoms with van der Waals surface area (Å²) in [5.74, 6) is 0. The zero-order valence-electron chi connectivity index (χ0n) is 34.6. The van der Waals surface area contributed by atoms with Crippen LogP contribution in [0.25, 0.3) is 60.9 Å². The number of para-hydroxylation sites is 4. The van der Waals surface area contributed by atoms with E-state index in [1.54, 1.807) is 0 Å². The lowest BCUT2D eigenvalue weighted by atomic mass is 9.67. The van der Waals surface area contributed by atoms with Crippen LogP contribution in [0.15, 0.2) is 255 Å². The lowest BCUT2D eigenvalue weighted by molar-refractivity contribution is 0.762. The van der Waals surface area contributed by atoms with Crippen molar-refractivity contribution >= 4 is 38.9 Å². The zero-order valence-corrected chi connectivity index (χ0v) is 34.6. The number of fused-ring (bicyclic) bond motifs is 6. The second-order valence-corrected chi connectivity index (χ2v) is 16.4. The van der Waals surface area contributed by atoms with Crippen molar-refractivity contribution in [3.8, 4) is 39.1 Å². The Morgan fingerprint density at radius 3 is 1.52 bits per heavy atom. The van der Waals surface area contributed by atoms with Gasteiger partial charge in [0.1, 0.15) is 0 Å². The Hall–Kier alpha value is -8.20. The molecular weight excluding hydrogens is 761 g/mol. The molecule has 0 fully saturated rings. The summed E-state index contributed by atoms with van der Waals surface area (Å²) >= 11 is 0. The molecular formula is C61H42N2. The lowest BCUT2D eigenvalue weighted by Gasteiger charge is -2.35. The van der Waals surface area contributed by atoms with Crippen LogP contribution in [-0.2, 0) is 5.41 Å². The van der Waals surface area contributed by atoms with E-state index in [1.165, 1.54) is 83.1 Å². The van der Waals surface area contributed by atoms with E-state index in [0.717, 1.165) is 17.1 Å². The first-order valence-electron chi connectivity index (χ1n) is 21.8. The van der Waals surface area contributed by atoms with Crippen molar-refractivity contribution in [3.63, 3.8) is 0 Å². The fraction of sp³-hybridized carbons (Fsp3) is 0.0164. The minimum atomic E-state index is -0.539. The molecule has 1 aromatic heterocycles. The van der Waals surface area contributed by atoms with Crippen molar-refractivity contribution in [2.24, 2.45) is 0 Å². The topological polar surface area (TPSA) is 8.17 Å². The Kier molecular flexibility index (Phi) is 8.76. The summed E-state index contributed by atoms with van der Waals surface area (Å²) in [5.41, 5.74) is 18.8. The van der Waals surface area contributed by atoms with Gasteiger partial charge in [-0.05, 0) is 93.0 Å². The molecule has 0 aliphatic heterocycles. The highest BCUT2D eigenvalue weighted by Gasteiger charge is 2.48. The van der Waals surface area contributed by atoms with Crippen LogP contribution < -0.4 is 4.90 Å². The third kappa shape index (κ3) is 5.80. The number of hydrogen-bond acceptors (Lipinski definition) is 1. The fourth-order valence-electron chi connectivity index (χ4n) is 10.4. The van der Waals surface area contributed by atoms with E-state index in [2.05, 4.69) is 264 Å². The molecule has 0 saturated carbocycles. The molecule has 10 aromatic carbocycles. The first-order chi connectivity index (χ1) is 31.3. The van der Waals surface area contributed by atoms with Crippen LogP contribution >= 0.6 is 0 Å². The van der Waals surface area contributed by atoms with Crippen molar-refractivity contribution in [1.82, 2.24) is 4.57 Å². The molecule has 0 unspecified atom stereocenters. The second kappa shape index (κ2) is 15.1. The molecule has 1 heterocycles. The molecule has 0 radical (unpaired) electrons. The van der Waals surface area contributed by atoms with Crippen LogP contribution in [0.5, 0.6) is 0 Å². The maximum absolute atomic E-state index is 2.53. The molecule has 0 atom stereocenters. The maximum Gasteiger partial charge on any atom is 0.0734 e. The SMILES string of the molecule is c1ccc(N(c2ccccc2)c2ccccc2-c2ccc(-c3ccc4c5ccccc5n(-c5cccc6c5C(c5ccccc5)(c5ccccc5)c5ccccc5-6)c4c3)cc2)cc1. The van der Waals surface area contributed by atoms with E-state index < -0.39 is 5.41 Å². The van der Waals surface area contributed by atoms with Gasteiger partial charge in [-0.15, -0.1) is 0 Å². The van der Waals surface area contributed by atoms with Crippen molar-refractivity contribution < 1.29 is 0 Å². The van der Waals surface area contributed by atoms with Gasteiger partial charge in [-0.25, -0.2) is 0 Å². The van der Waals surface area contributed by atoms with Crippen LogP contribution in [-0.4, -0.2) is 4.57 Å². The van der Waals surface area contributed by atoms with Gasteiger partial charge in [0.05, 0.1) is 27.8 Å². The van der Waals surface area contributed by atoms with E-state index in [-0.39, 0.29) is 0 Å². The van der Waals surface area contributed by atoms with E-state index >= 15 is 0 Å². The average Bonchev–Trinajstić information content (AvgIpc) is 3.86. The Bertz CT molecular complexity index is 3350. The van der Waals surface area contributed by atoms with E-state index in [0.29, 0.717) is 0 Å². The number of rotatable bonds is 8. The number of hydrogen-bond donors (Lipinski definition) is 0. The largest absolute Gasteiger partial charge is 0.310 e. The van der Waals surface area contributed by atoms with E-state index in [4.69, 9.17) is 0 Å².